The molecular formula is C15H11N5O2. The zero-order chi connectivity index (χ0) is 15.1. The highest BCUT2D eigenvalue weighted by atomic mass is 16.5. The van der Waals surface area contributed by atoms with Gasteiger partial charge in [-0.2, -0.15) is 0 Å². The van der Waals surface area contributed by atoms with Crippen LogP contribution in [0.1, 0.15) is 0 Å². The number of benzene rings is 2. The minimum absolute atomic E-state index is 0.252. The fourth-order valence-corrected chi connectivity index (χ4v) is 2.29. The molecule has 2 aromatic heterocycles. The van der Waals surface area contributed by atoms with Crippen molar-refractivity contribution >= 4 is 22.4 Å². The van der Waals surface area contributed by atoms with Gasteiger partial charge < -0.3 is 10.5 Å². The Labute approximate surface area is 124 Å². The molecule has 108 valence electrons. The first-order valence-electron chi connectivity index (χ1n) is 6.62. The summed E-state index contributed by atoms with van der Waals surface area (Å²) >= 11 is 0. The van der Waals surface area contributed by atoms with Crippen molar-refractivity contribution in [2.24, 2.45) is 0 Å². The van der Waals surface area contributed by atoms with Crippen molar-refractivity contribution in [1.29, 1.82) is 0 Å². The predicted molar refractivity (Wildman–Crippen MR) is 82.0 cm³/mol. The molecule has 0 atom stereocenters. The van der Waals surface area contributed by atoms with Gasteiger partial charge in [0.15, 0.2) is 0 Å². The van der Waals surface area contributed by atoms with Crippen LogP contribution in [-0.4, -0.2) is 19.6 Å². The SMILES string of the molecule is Nc1ccc(Oc2nc3ccccc3n3c(=O)[nH]nc23)cc1. The normalized spacial score (nSPS) is 11.1. The number of ether oxygens (including phenoxy) is 1. The largest absolute Gasteiger partial charge is 0.436 e. The van der Waals surface area contributed by atoms with Gasteiger partial charge in [-0.3, -0.25) is 0 Å². The molecule has 4 rings (SSSR count). The van der Waals surface area contributed by atoms with Crippen LogP contribution in [-0.2, 0) is 0 Å². The molecule has 22 heavy (non-hydrogen) atoms. The summed E-state index contributed by atoms with van der Waals surface area (Å²) in [4.78, 5) is 16.4. The summed E-state index contributed by atoms with van der Waals surface area (Å²) in [5.74, 6) is 0.816. The van der Waals surface area contributed by atoms with Gasteiger partial charge >= 0.3 is 5.69 Å². The summed E-state index contributed by atoms with van der Waals surface area (Å²) in [5.41, 5.74) is 7.60. The monoisotopic (exact) mass is 293 g/mol. The number of nitrogens with two attached hydrogens (primary N) is 1. The maximum atomic E-state index is 12.0. The van der Waals surface area contributed by atoms with Crippen LogP contribution in [0, 0.1) is 0 Å². The second-order valence-electron chi connectivity index (χ2n) is 4.76. The van der Waals surface area contributed by atoms with Gasteiger partial charge in [-0.15, -0.1) is 5.10 Å². The number of hydrogen-bond donors (Lipinski definition) is 2. The Morgan fingerprint density at radius 1 is 1.09 bits per heavy atom. The van der Waals surface area contributed by atoms with Crippen molar-refractivity contribution in [3.8, 4) is 11.6 Å². The third-order valence-electron chi connectivity index (χ3n) is 3.30. The molecule has 2 aromatic carbocycles. The lowest BCUT2D eigenvalue weighted by Gasteiger charge is -2.07. The molecule has 0 aliphatic heterocycles. The molecule has 4 aromatic rings. The van der Waals surface area contributed by atoms with Gasteiger partial charge in [0.05, 0.1) is 11.0 Å². The minimum atomic E-state index is -0.337. The fraction of sp³-hybridized carbons (Fsp3) is 0. The molecule has 7 heteroatoms. The van der Waals surface area contributed by atoms with E-state index in [0.29, 0.717) is 28.1 Å². The third-order valence-corrected chi connectivity index (χ3v) is 3.30. The smallest absolute Gasteiger partial charge is 0.348 e. The zero-order valence-electron chi connectivity index (χ0n) is 11.4. The molecule has 2 heterocycles. The molecule has 0 bridgehead atoms. The second-order valence-corrected chi connectivity index (χ2v) is 4.76. The first kappa shape index (κ1) is 12.4. The standard InChI is InChI=1S/C15H11N5O2/c16-9-5-7-10(8-6-9)22-14-13-18-19-15(21)20(13)12-4-2-1-3-11(12)17-14/h1-8H,16H2,(H,19,21). The van der Waals surface area contributed by atoms with Gasteiger partial charge in [0, 0.05) is 5.69 Å². The Morgan fingerprint density at radius 2 is 1.86 bits per heavy atom. The van der Waals surface area contributed by atoms with Crippen LogP contribution in [0.5, 0.6) is 11.6 Å². The predicted octanol–water partition coefficient (Wildman–Crippen LogP) is 1.95. The Bertz CT molecular complexity index is 1030. The summed E-state index contributed by atoms with van der Waals surface area (Å²) in [6.45, 7) is 0. The van der Waals surface area contributed by atoms with Crippen LogP contribution in [0.3, 0.4) is 0 Å². The van der Waals surface area contributed by atoms with Crippen molar-refractivity contribution in [1.82, 2.24) is 19.6 Å². The van der Waals surface area contributed by atoms with Crippen molar-refractivity contribution < 1.29 is 4.74 Å². The number of fused-ring (bicyclic) bond motifs is 3. The van der Waals surface area contributed by atoms with Crippen molar-refractivity contribution in [3.05, 3.63) is 59.0 Å². The number of rotatable bonds is 2. The molecule has 7 nitrogen and oxygen atoms in total. The van der Waals surface area contributed by atoms with E-state index in [1.165, 1.54) is 4.40 Å². The summed E-state index contributed by atoms with van der Waals surface area (Å²) in [6, 6.07) is 14.2. The Hall–Kier alpha value is -3.35. The molecule has 3 N–H and O–H groups in total. The first-order valence-corrected chi connectivity index (χ1v) is 6.62. The van der Waals surface area contributed by atoms with Gasteiger partial charge in [-0.25, -0.2) is 19.3 Å². The Balaban J connectivity index is 1.96. The lowest BCUT2D eigenvalue weighted by molar-refractivity contribution is 0.467. The number of hydrogen-bond acceptors (Lipinski definition) is 5. The maximum absolute atomic E-state index is 12.0. The van der Waals surface area contributed by atoms with E-state index in [1.54, 1.807) is 30.3 Å². The average Bonchev–Trinajstić information content (AvgIpc) is 2.92. The van der Waals surface area contributed by atoms with E-state index < -0.39 is 0 Å². The minimum Gasteiger partial charge on any atom is -0.436 e. The van der Waals surface area contributed by atoms with Crippen LogP contribution >= 0.6 is 0 Å². The van der Waals surface area contributed by atoms with Crippen molar-refractivity contribution in [3.63, 3.8) is 0 Å². The van der Waals surface area contributed by atoms with E-state index >= 15 is 0 Å². The van der Waals surface area contributed by atoms with Crippen LogP contribution < -0.4 is 16.2 Å². The first-order chi connectivity index (χ1) is 10.7. The van der Waals surface area contributed by atoms with E-state index in [1.807, 2.05) is 18.2 Å². The maximum Gasteiger partial charge on any atom is 0.348 e. The Morgan fingerprint density at radius 3 is 2.68 bits per heavy atom. The molecule has 0 amide bonds. The third kappa shape index (κ3) is 1.87. The average molecular weight is 293 g/mol. The molecule has 0 aliphatic carbocycles. The molecule has 0 radical (unpaired) electrons. The lowest BCUT2D eigenvalue weighted by atomic mass is 10.3. The summed E-state index contributed by atoms with van der Waals surface area (Å²) in [7, 11) is 0. The van der Waals surface area contributed by atoms with Crippen LogP contribution in [0.4, 0.5) is 5.69 Å². The number of aromatic nitrogens is 4. The van der Waals surface area contributed by atoms with Crippen molar-refractivity contribution in [2.45, 2.75) is 0 Å². The summed E-state index contributed by atoms with van der Waals surface area (Å²) < 4.78 is 7.20. The topological polar surface area (TPSA) is 98.3 Å². The number of nitrogens with zero attached hydrogens (tertiary/aromatic N) is 3. The van der Waals surface area contributed by atoms with Gasteiger partial charge in [-0.1, -0.05) is 12.1 Å². The number of nitrogens with one attached hydrogen (secondary N) is 1. The van der Waals surface area contributed by atoms with E-state index in [-0.39, 0.29) is 11.6 Å². The van der Waals surface area contributed by atoms with E-state index in [4.69, 9.17) is 10.5 Å². The molecule has 0 fully saturated rings. The van der Waals surface area contributed by atoms with E-state index in [2.05, 4.69) is 15.2 Å². The second kappa shape index (κ2) is 4.59. The molecule has 0 saturated carbocycles. The van der Waals surface area contributed by atoms with Gasteiger partial charge in [-0.05, 0) is 36.4 Å². The van der Waals surface area contributed by atoms with Crippen LogP contribution in [0.25, 0.3) is 16.7 Å². The van der Waals surface area contributed by atoms with E-state index in [9.17, 15) is 4.79 Å². The Kier molecular flexibility index (Phi) is 2.59. The van der Waals surface area contributed by atoms with Gasteiger partial charge in [0.1, 0.15) is 5.75 Å². The summed E-state index contributed by atoms with van der Waals surface area (Å²) in [6.07, 6.45) is 0. The highest BCUT2D eigenvalue weighted by Gasteiger charge is 2.14. The lowest BCUT2D eigenvalue weighted by Crippen LogP contribution is -2.11. The van der Waals surface area contributed by atoms with E-state index in [0.717, 1.165) is 0 Å². The summed E-state index contributed by atoms with van der Waals surface area (Å²) in [5, 5.41) is 6.42. The number of para-hydroxylation sites is 2. The molecule has 0 saturated heterocycles. The number of anilines is 1. The molecule has 0 unspecified atom stereocenters. The van der Waals surface area contributed by atoms with Crippen LogP contribution in [0.15, 0.2) is 53.3 Å². The quantitative estimate of drug-likeness (QED) is 0.550. The number of aromatic amines is 1. The molecular weight excluding hydrogens is 282 g/mol. The zero-order valence-corrected chi connectivity index (χ0v) is 11.4. The molecule has 0 spiro atoms. The highest BCUT2D eigenvalue weighted by Crippen LogP contribution is 2.25. The van der Waals surface area contributed by atoms with Crippen LogP contribution in [0.2, 0.25) is 0 Å². The van der Waals surface area contributed by atoms with Crippen molar-refractivity contribution in [2.75, 3.05) is 5.73 Å². The number of H-pyrrole nitrogens is 1. The molecule has 0 aliphatic rings. The van der Waals surface area contributed by atoms with Gasteiger partial charge in [0.25, 0.3) is 5.88 Å². The fourth-order valence-electron chi connectivity index (χ4n) is 2.29. The van der Waals surface area contributed by atoms with Gasteiger partial charge in [0.2, 0.25) is 5.65 Å². The number of nitrogen functional groups attached to an aromatic ring is 1. The highest BCUT2D eigenvalue weighted by molar-refractivity contribution is 5.79.